The van der Waals surface area contributed by atoms with E-state index in [2.05, 4.69) is 15.3 Å². The average Bonchev–Trinajstić information content (AvgIpc) is 3.12. The normalized spacial score (nSPS) is 18.5. The molecule has 0 bridgehead atoms. The molecule has 0 spiro atoms. The van der Waals surface area contributed by atoms with Gasteiger partial charge in [0.1, 0.15) is 5.52 Å². The molecule has 1 aliphatic heterocycles. The molecule has 174 valence electrons. The molecule has 1 saturated heterocycles. The van der Waals surface area contributed by atoms with E-state index in [9.17, 15) is 14.7 Å². The molecule has 4 rings (SSSR count). The lowest BCUT2D eigenvalue weighted by Gasteiger charge is -2.35. The number of morpholine rings is 1. The summed E-state index contributed by atoms with van der Waals surface area (Å²) >= 11 is 0. The third-order valence-corrected chi connectivity index (χ3v) is 5.45. The molecule has 1 aromatic carbocycles. The van der Waals surface area contributed by atoms with Gasteiger partial charge in [-0.2, -0.15) is 0 Å². The van der Waals surface area contributed by atoms with Crippen LogP contribution in [0.15, 0.2) is 36.5 Å². The molecule has 0 radical (unpaired) electrons. The van der Waals surface area contributed by atoms with Gasteiger partial charge in [0.25, 0.3) is 11.8 Å². The van der Waals surface area contributed by atoms with Gasteiger partial charge in [-0.05, 0) is 44.5 Å². The largest absolute Gasteiger partial charge is 0.399 e. The highest BCUT2D eigenvalue weighted by Gasteiger charge is 2.27. The van der Waals surface area contributed by atoms with Crippen molar-refractivity contribution >= 4 is 34.6 Å². The summed E-state index contributed by atoms with van der Waals surface area (Å²) in [4.78, 5) is 36.6. The van der Waals surface area contributed by atoms with Crippen molar-refractivity contribution in [2.45, 2.75) is 39.0 Å². The third-order valence-electron chi connectivity index (χ3n) is 5.45. The van der Waals surface area contributed by atoms with Gasteiger partial charge >= 0.3 is 0 Å². The summed E-state index contributed by atoms with van der Waals surface area (Å²) in [6.45, 7) is 5.27. The third kappa shape index (κ3) is 4.96. The minimum atomic E-state index is -0.365. The van der Waals surface area contributed by atoms with Crippen LogP contribution in [-0.4, -0.2) is 68.3 Å². The monoisotopic (exact) mass is 452 g/mol. The first-order valence-corrected chi connectivity index (χ1v) is 10.9. The smallest absolute Gasteiger partial charge is 0.258 e. The SMILES string of the molecule is CC1CN(C(=O)c2cnc3c(c2)nc(NC(=O)c2cccc(N)c2)n3CCCO)C[C@@H](C)O1. The quantitative estimate of drug-likeness (QED) is 0.486. The Labute approximate surface area is 191 Å². The Morgan fingerprint density at radius 2 is 1.97 bits per heavy atom. The molecule has 2 amide bonds. The lowest BCUT2D eigenvalue weighted by Crippen LogP contribution is -2.48. The van der Waals surface area contributed by atoms with E-state index in [1.54, 1.807) is 39.8 Å². The molecule has 33 heavy (non-hydrogen) atoms. The second kappa shape index (κ2) is 9.55. The Balaban J connectivity index is 1.64. The van der Waals surface area contributed by atoms with Crippen LogP contribution in [0.1, 0.15) is 41.0 Å². The number of imidazole rings is 1. The molecule has 1 fully saturated rings. The maximum atomic E-state index is 13.1. The van der Waals surface area contributed by atoms with Crippen molar-refractivity contribution in [1.82, 2.24) is 19.4 Å². The van der Waals surface area contributed by atoms with Gasteiger partial charge in [0.15, 0.2) is 5.65 Å². The van der Waals surface area contributed by atoms with Crippen LogP contribution in [0.4, 0.5) is 11.6 Å². The predicted octanol–water partition coefficient (Wildman–Crippen LogP) is 1.90. The number of aryl methyl sites for hydroxylation is 1. The molecule has 3 aromatic rings. The number of pyridine rings is 1. The zero-order chi connectivity index (χ0) is 23.5. The number of aromatic nitrogens is 3. The van der Waals surface area contributed by atoms with Gasteiger partial charge < -0.3 is 20.5 Å². The van der Waals surface area contributed by atoms with E-state index in [1.807, 2.05) is 13.8 Å². The van der Waals surface area contributed by atoms with E-state index >= 15 is 0 Å². The number of amides is 2. The van der Waals surface area contributed by atoms with Crippen molar-refractivity contribution in [3.63, 3.8) is 0 Å². The number of hydrogen-bond acceptors (Lipinski definition) is 7. The fourth-order valence-corrected chi connectivity index (χ4v) is 4.04. The number of nitrogens with zero attached hydrogens (tertiary/aromatic N) is 4. The second-order valence-corrected chi connectivity index (χ2v) is 8.28. The van der Waals surface area contributed by atoms with Crippen molar-refractivity contribution in [2.75, 3.05) is 30.7 Å². The number of nitrogens with two attached hydrogens (primary N) is 1. The van der Waals surface area contributed by atoms with Crippen molar-refractivity contribution < 1.29 is 19.4 Å². The van der Waals surface area contributed by atoms with Gasteiger partial charge in [0.05, 0.1) is 17.8 Å². The van der Waals surface area contributed by atoms with Gasteiger partial charge in [-0.25, -0.2) is 9.97 Å². The molecular formula is C23H28N6O4. The van der Waals surface area contributed by atoms with Crippen LogP contribution in [0.25, 0.3) is 11.2 Å². The predicted molar refractivity (Wildman–Crippen MR) is 124 cm³/mol. The summed E-state index contributed by atoms with van der Waals surface area (Å²) < 4.78 is 7.44. The van der Waals surface area contributed by atoms with Gasteiger partial charge in [-0.15, -0.1) is 0 Å². The summed E-state index contributed by atoms with van der Waals surface area (Å²) in [5, 5.41) is 12.1. The highest BCUT2D eigenvalue weighted by molar-refractivity contribution is 6.04. The fourth-order valence-electron chi connectivity index (χ4n) is 4.04. The van der Waals surface area contributed by atoms with Gasteiger partial charge in [0, 0.05) is 43.7 Å². The molecule has 2 atom stereocenters. The van der Waals surface area contributed by atoms with E-state index in [0.717, 1.165) is 0 Å². The molecule has 1 unspecified atom stereocenters. The summed E-state index contributed by atoms with van der Waals surface area (Å²) in [6, 6.07) is 8.32. The topological polar surface area (TPSA) is 136 Å². The fraction of sp³-hybridized carbons (Fsp3) is 0.391. The Morgan fingerprint density at radius 1 is 1.21 bits per heavy atom. The molecule has 2 aromatic heterocycles. The minimum Gasteiger partial charge on any atom is -0.399 e. The van der Waals surface area contributed by atoms with E-state index in [1.165, 1.54) is 6.20 Å². The van der Waals surface area contributed by atoms with E-state index in [-0.39, 0.29) is 36.6 Å². The highest BCUT2D eigenvalue weighted by Crippen LogP contribution is 2.22. The number of fused-ring (bicyclic) bond motifs is 1. The first-order valence-electron chi connectivity index (χ1n) is 10.9. The van der Waals surface area contributed by atoms with Crippen molar-refractivity contribution in [2.24, 2.45) is 0 Å². The van der Waals surface area contributed by atoms with Crippen molar-refractivity contribution in [3.05, 3.63) is 47.7 Å². The number of benzene rings is 1. The molecule has 3 heterocycles. The molecular weight excluding hydrogens is 424 g/mol. The van der Waals surface area contributed by atoms with Crippen LogP contribution in [0.5, 0.6) is 0 Å². The number of nitrogen functional groups attached to an aromatic ring is 1. The second-order valence-electron chi connectivity index (χ2n) is 8.28. The van der Waals surface area contributed by atoms with E-state index in [0.29, 0.717) is 54.0 Å². The number of carbonyl (C=O) groups excluding carboxylic acids is 2. The number of aliphatic hydroxyl groups is 1. The zero-order valence-electron chi connectivity index (χ0n) is 18.7. The standard InChI is InChI=1S/C23H28N6O4/c1-14-12-28(13-15(2)33-14)22(32)17-10-19-20(25-11-17)29(7-4-8-30)23(26-19)27-21(31)16-5-3-6-18(24)9-16/h3,5-6,9-11,14-15,30H,4,7-8,12-13,24H2,1-2H3,(H,26,27,31)/t14-,15?/m1/s1. The Morgan fingerprint density at radius 3 is 2.67 bits per heavy atom. The Hall–Kier alpha value is -3.50. The van der Waals surface area contributed by atoms with Crippen molar-refractivity contribution in [1.29, 1.82) is 0 Å². The van der Waals surface area contributed by atoms with E-state index < -0.39 is 0 Å². The number of anilines is 2. The number of aliphatic hydroxyl groups excluding tert-OH is 1. The summed E-state index contributed by atoms with van der Waals surface area (Å²) in [5.74, 6) is -0.214. The highest BCUT2D eigenvalue weighted by atomic mass is 16.5. The molecule has 10 nitrogen and oxygen atoms in total. The summed E-state index contributed by atoms with van der Waals surface area (Å²) in [7, 11) is 0. The number of rotatable bonds is 6. The van der Waals surface area contributed by atoms with E-state index in [4.69, 9.17) is 10.5 Å². The lowest BCUT2D eigenvalue weighted by atomic mass is 10.2. The van der Waals surface area contributed by atoms with Crippen LogP contribution in [-0.2, 0) is 11.3 Å². The zero-order valence-corrected chi connectivity index (χ0v) is 18.7. The summed E-state index contributed by atoms with van der Waals surface area (Å²) in [5.41, 5.74) is 8.09. The lowest BCUT2D eigenvalue weighted by molar-refractivity contribution is -0.0586. The van der Waals surface area contributed by atoms with Gasteiger partial charge in [-0.1, -0.05) is 6.07 Å². The first-order chi connectivity index (χ1) is 15.9. The van der Waals surface area contributed by atoms with Crippen LogP contribution < -0.4 is 11.1 Å². The minimum absolute atomic E-state index is 0.0216. The Bertz CT molecular complexity index is 1170. The van der Waals surface area contributed by atoms with Gasteiger partial charge in [-0.3, -0.25) is 19.5 Å². The first kappa shape index (κ1) is 22.7. The van der Waals surface area contributed by atoms with Crippen molar-refractivity contribution in [3.8, 4) is 0 Å². The van der Waals surface area contributed by atoms with Crippen LogP contribution in [0.3, 0.4) is 0 Å². The maximum Gasteiger partial charge on any atom is 0.258 e. The van der Waals surface area contributed by atoms with Gasteiger partial charge in [0.2, 0.25) is 5.95 Å². The molecule has 0 aliphatic carbocycles. The van der Waals surface area contributed by atoms with Crippen LogP contribution in [0.2, 0.25) is 0 Å². The molecule has 0 saturated carbocycles. The van der Waals surface area contributed by atoms with Crippen LogP contribution >= 0.6 is 0 Å². The molecule has 1 aliphatic rings. The number of ether oxygens (including phenoxy) is 1. The summed E-state index contributed by atoms with van der Waals surface area (Å²) in [6.07, 6.45) is 1.90. The number of nitrogens with one attached hydrogen (secondary N) is 1. The average molecular weight is 453 g/mol. The number of carbonyl (C=O) groups is 2. The van der Waals surface area contributed by atoms with Crippen LogP contribution in [0, 0.1) is 0 Å². The molecule has 10 heteroatoms. The number of hydrogen-bond donors (Lipinski definition) is 3. The molecule has 4 N–H and O–H groups in total. The Kier molecular flexibility index (Phi) is 6.57. The maximum absolute atomic E-state index is 13.1.